The van der Waals surface area contributed by atoms with Gasteiger partial charge in [0.15, 0.2) is 0 Å². The van der Waals surface area contributed by atoms with E-state index in [2.05, 4.69) is 9.97 Å². The normalized spacial score (nSPS) is 10.3. The second kappa shape index (κ2) is 3.73. The lowest BCUT2D eigenvalue weighted by Gasteiger charge is -2.04. The van der Waals surface area contributed by atoms with Gasteiger partial charge in [0.1, 0.15) is 0 Å². The average molecular weight is 206 g/mol. The summed E-state index contributed by atoms with van der Waals surface area (Å²) >= 11 is 0. The highest BCUT2D eigenvalue weighted by Crippen LogP contribution is 2.22. The predicted molar refractivity (Wildman–Crippen MR) is 52.1 cm³/mol. The smallest absolute Gasteiger partial charge is 0.224 e. The molecule has 0 spiro atoms. The minimum absolute atomic E-state index is 0.217. The van der Waals surface area contributed by atoms with Gasteiger partial charge in [-0.25, -0.2) is 0 Å². The fourth-order valence-electron chi connectivity index (χ4n) is 1.36. The van der Waals surface area contributed by atoms with Crippen LogP contribution >= 0.6 is 0 Å². The van der Waals surface area contributed by atoms with E-state index in [1.54, 1.807) is 12.3 Å². The number of hydrogen-bond donors (Lipinski definition) is 0. The van der Waals surface area contributed by atoms with Crippen molar-refractivity contribution in [3.63, 3.8) is 0 Å². The zero-order chi connectivity index (χ0) is 10.8. The third-order valence-corrected chi connectivity index (χ3v) is 2.08. The predicted octanol–water partition coefficient (Wildman–Crippen LogP) is 2.73. The molecule has 2 rings (SSSR count). The maximum Gasteiger partial charge on any atom is 0.224 e. The summed E-state index contributed by atoms with van der Waals surface area (Å²) in [5.41, 5.74) is 1.53. The molecule has 0 aromatic carbocycles. The van der Waals surface area contributed by atoms with Crippen molar-refractivity contribution in [2.75, 3.05) is 0 Å². The van der Waals surface area contributed by atoms with Crippen molar-refractivity contribution in [1.82, 2.24) is 9.97 Å². The molecular formula is C11H8F2N2. The summed E-state index contributed by atoms with van der Waals surface area (Å²) in [6.45, 7) is 1.81. The zero-order valence-corrected chi connectivity index (χ0v) is 8.04. The lowest BCUT2D eigenvalue weighted by Crippen LogP contribution is -1.95. The maximum atomic E-state index is 13.3. The molecule has 0 aliphatic heterocycles. The Morgan fingerprint density at radius 3 is 2.60 bits per heavy atom. The zero-order valence-electron chi connectivity index (χ0n) is 8.04. The fraction of sp³-hybridized carbons (Fsp3) is 0.0909. The molecule has 76 valence electrons. The molecule has 15 heavy (non-hydrogen) atoms. The summed E-state index contributed by atoms with van der Waals surface area (Å²) in [6.07, 6.45) is 1.56. The van der Waals surface area contributed by atoms with Crippen LogP contribution in [-0.2, 0) is 0 Å². The Kier molecular flexibility index (Phi) is 2.41. The summed E-state index contributed by atoms with van der Waals surface area (Å²) in [7, 11) is 0. The van der Waals surface area contributed by atoms with Gasteiger partial charge in [-0.3, -0.25) is 4.98 Å². The van der Waals surface area contributed by atoms with E-state index in [1.165, 1.54) is 6.07 Å². The van der Waals surface area contributed by atoms with Crippen LogP contribution in [0.1, 0.15) is 5.56 Å². The summed E-state index contributed by atoms with van der Waals surface area (Å²) in [5.74, 6) is -1.67. The van der Waals surface area contributed by atoms with Crippen LogP contribution in [0.2, 0.25) is 0 Å². The summed E-state index contributed by atoms with van der Waals surface area (Å²) in [5, 5.41) is 0. The Balaban J connectivity index is 2.60. The van der Waals surface area contributed by atoms with E-state index in [4.69, 9.17) is 0 Å². The molecular weight excluding hydrogens is 198 g/mol. The molecule has 0 bridgehead atoms. The molecule has 0 atom stereocenters. The number of rotatable bonds is 1. The molecule has 0 saturated heterocycles. The largest absolute Gasteiger partial charge is 0.256 e. The van der Waals surface area contributed by atoms with E-state index >= 15 is 0 Å². The number of nitrogens with zero attached hydrogens (tertiary/aromatic N) is 2. The van der Waals surface area contributed by atoms with Gasteiger partial charge in [0.05, 0.1) is 11.3 Å². The molecule has 2 nitrogen and oxygen atoms in total. The van der Waals surface area contributed by atoms with Gasteiger partial charge in [-0.05, 0) is 30.7 Å². The van der Waals surface area contributed by atoms with Crippen molar-refractivity contribution in [3.8, 4) is 11.3 Å². The maximum absolute atomic E-state index is 13.3. The van der Waals surface area contributed by atoms with Crippen molar-refractivity contribution >= 4 is 0 Å². The van der Waals surface area contributed by atoms with Gasteiger partial charge in [0.25, 0.3) is 0 Å². The van der Waals surface area contributed by atoms with Crippen LogP contribution < -0.4 is 0 Å². The topological polar surface area (TPSA) is 25.8 Å². The molecule has 0 saturated carbocycles. The van der Waals surface area contributed by atoms with Gasteiger partial charge in [0, 0.05) is 6.20 Å². The molecule has 0 N–H and O–H groups in total. The van der Waals surface area contributed by atoms with Crippen LogP contribution in [0, 0.1) is 18.8 Å². The number of pyridine rings is 2. The van der Waals surface area contributed by atoms with Gasteiger partial charge in [-0.15, -0.1) is 0 Å². The van der Waals surface area contributed by atoms with E-state index in [0.29, 0.717) is 5.69 Å². The molecule has 2 aromatic rings. The third-order valence-electron chi connectivity index (χ3n) is 2.08. The van der Waals surface area contributed by atoms with Gasteiger partial charge in [-0.2, -0.15) is 13.8 Å². The Morgan fingerprint density at radius 1 is 1.13 bits per heavy atom. The van der Waals surface area contributed by atoms with Crippen LogP contribution in [0.4, 0.5) is 8.78 Å². The SMILES string of the molecule is Cc1cccnc1-c1ccc(F)nc1F. The van der Waals surface area contributed by atoms with Crippen molar-refractivity contribution in [2.24, 2.45) is 0 Å². The van der Waals surface area contributed by atoms with Gasteiger partial charge in [-0.1, -0.05) is 6.07 Å². The van der Waals surface area contributed by atoms with Crippen molar-refractivity contribution in [2.45, 2.75) is 6.92 Å². The number of aromatic nitrogens is 2. The first-order valence-corrected chi connectivity index (χ1v) is 4.42. The molecule has 0 radical (unpaired) electrons. The van der Waals surface area contributed by atoms with Crippen LogP contribution in [0.15, 0.2) is 30.5 Å². The summed E-state index contributed by atoms with van der Waals surface area (Å²) in [6, 6.07) is 6.03. The highest BCUT2D eigenvalue weighted by Gasteiger charge is 2.10. The number of aryl methyl sites for hydroxylation is 1. The molecule has 0 unspecified atom stereocenters. The monoisotopic (exact) mass is 206 g/mol. The Bertz CT molecular complexity index is 498. The quantitative estimate of drug-likeness (QED) is 0.670. The number of halogens is 2. The van der Waals surface area contributed by atoms with Gasteiger partial charge >= 0.3 is 0 Å². The Hall–Kier alpha value is -1.84. The van der Waals surface area contributed by atoms with Gasteiger partial charge in [0.2, 0.25) is 11.9 Å². The van der Waals surface area contributed by atoms with Crippen molar-refractivity contribution < 1.29 is 8.78 Å². The first kappa shape index (κ1) is 9.71. The standard InChI is InChI=1S/C11H8F2N2/c1-7-3-2-6-14-10(7)8-4-5-9(12)15-11(8)13/h2-6H,1H3. The second-order valence-corrected chi connectivity index (χ2v) is 3.14. The van der Waals surface area contributed by atoms with Crippen LogP contribution in [0.3, 0.4) is 0 Å². The fourth-order valence-corrected chi connectivity index (χ4v) is 1.36. The molecule has 0 fully saturated rings. The summed E-state index contributed by atoms with van der Waals surface area (Å²) < 4.78 is 25.9. The Morgan fingerprint density at radius 2 is 1.93 bits per heavy atom. The minimum Gasteiger partial charge on any atom is -0.256 e. The molecule has 0 amide bonds. The van der Waals surface area contributed by atoms with E-state index in [0.717, 1.165) is 11.6 Å². The van der Waals surface area contributed by atoms with E-state index in [1.807, 2.05) is 13.0 Å². The molecule has 0 aliphatic carbocycles. The van der Waals surface area contributed by atoms with Crippen molar-refractivity contribution in [3.05, 3.63) is 47.9 Å². The van der Waals surface area contributed by atoms with E-state index in [9.17, 15) is 8.78 Å². The van der Waals surface area contributed by atoms with Crippen LogP contribution in [-0.4, -0.2) is 9.97 Å². The average Bonchev–Trinajstić information content (AvgIpc) is 2.20. The van der Waals surface area contributed by atoms with Gasteiger partial charge < -0.3 is 0 Å². The second-order valence-electron chi connectivity index (χ2n) is 3.14. The summed E-state index contributed by atoms with van der Waals surface area (Å²) in [4.78, 5) is 7.15. The molecule has 2 aromatic heterocycles. The number of hydrogen-bond acceptors (Lipinski definition) is 2. The lowest BCUT2D eigenvalue weighted by atomic mass is 10.1. The third kappa shape index (κ3) is 1.83. The van der Waals surface area contributed by atoms with E-state index < -0.39 is 11.9 Å². The van der Waals surface area contributed by atoms with Crippen molar-refractivity contribution in [1.29, 1.82) is 0 Å². The first-order chi connectivity index (χ1) is 7.18. The highest BCUT2D eigenvalue weighted by molar-refractivity contribution is 5.61. The molecule has 2 heterocycles. The van der Waals surface area contributed by atoms with Crippen LogP contribution in [0.5, 0.6) is 0 Å². The first-order valence-electron chi connectivity index (χ1n) is 4.42. The highest BCUT2D eigenvalue weighted by atomic mass is 19.1. The Labute approximate surface area is 85.6 Å². The van der Waals surface area contributed by atoms with Crippen LogP contribution in [0.25, 0.3) is 11.3 Å². The molecule has 0 aliphatic rings. The van der Waals surface area contributed by atoms with E-state index in [-0.39, 0.29) is 5.56 Å². The lowest BCUT2D eigenvalue weighted by molar-refractivity contribution is 0.515. The molecule has 4 heteroatoms. The minimum atomic E-state index is -0.836.